The van der Waals surface area contributed by atoms with Gasteiger partial charge in [-0.05, 0) is 60.4 Å². The Labute approximate surface area is 131 Å². The van der Waals surface area contributed by atoms with Gasteiger partial charge in [-0.2, -0.15) is 0 Å². The first kappa shape index (κ1) is 13.4. The van der Waals surface area contributed by atoms with Crippen molar-refractivity contribution in [2.45, 2.75) is 37.8 Å². The van der Waals surface area contributed by atoms with Gasteiger partial charge in [-0.25, -0.2) is 0 Å². The van der Waals surface area contributed by atoms with Crippen molar-refractivity contribution in [3.05, 3.63) is 70.2 Å². The first-order valence-corrected chi connectivity index (χ1v) is 8.26. The molecule has 0 aliphatic heterocycles. The van der Waals surface area contributed by atoms with E-state index in [9.17, 15) is 0 Å². The molecule has 1 nitrogen and oxygen atoms in total. The van der Waals surface area contributed by atoms with Gasteiger partial charge in [0.15, 0.2) is 0 Å². The second kappa shape index (κ2) is 5.47. The van der Waals surface area contributed by atoms with E-state index in [-0.39, 0.29) is 0 Å². The predicted molar refractivity (Wildman–Crippen MR) is 87.7 cm³/mol. The molecular weight excluding hydrogens is 278 g/mol. The summed E-state index contributed by atoms with van der Waals surface area (Å²) >= 11 is 6.11. The second-order valence-corrected chi connectivity index (χ2v) is 6.85. The van der Waals surface area contributed by atoms with Crippen molar-refractivity contribution in [2.75, 3.05) is 0 Å². The average molecular weight is 298 g/mol. The third kappa shape index (κ3) is 2.86. The highest BCUT2D eigenvalue weighted by Crippen LogP contribution is 2.42. The van der Waals surface area contributed by atoms with Crippen molar-refractivity contribution >= 4 is 11.6 Å². The van der Waals surface area contributed by atoms with Crippen LogP contribution in [0, 0.1) is 5.92 Å². The molecule has 2 aliphatic carbocycles. The van der Waals surface area contributed by atoms with Crippen LogP contribution in [0.5, 0.6) is 0 Å². The summed E-state index contributed by atoms with van der Waals surface area (Å²) in [6.07, 6.45) is 4.95. The SMILES string of the molecule is Clc1ccc2c(c1)CC(NC(c1ccccc1)C1CC1)C2. The molecule has 0 saturated heterocycles. The van der Waals surface area contributed by atoms with E-state index >= 15 is 0 Å². The number of fused-ring (bicyclic) bond motifs is 1. The Morgan fingerprint density at radius 1 is 0.952 bits per heavy atom. The molecule has 2 aromatic rings. The van der Waals surface area contributed by atoms with Crippen molar-refractivity contribution in [2.24, 2.45) is 5.92 Å². The number of rotatable bonds is 4. The van der Waals surface area contributed by atoms with Crippen LogP contribution in [0.1, 0.15) is 35.6 Å². The molecule has 2 atom stereocenters. The Morgan fingerprint density at radius 3 is 2.48 bits per heavy atom. The zero-order valence-electron chi connectivity index (χ0n) is 12.1. The minimum Gasteiger partial charge on any atom is -0.306 e. The van der Waals surface area contributed by atoms with Crippen LogP contribution in [-0.2, 0) is 12.8 Å². The van der Waals surface area contributed by atoms with Gasteiger partial charge >= 0.3 is 0 Å². The van der Waals surface area contributed by atoms with Crippen LogP contribution in [0.4, 0.5) is 0 Å². The fourth-order valence-corrected chi connectivity index (χ4v) is 3.75. The first-order valence-electron chi connectivity index (χ1n) is 7.88. The van der Waals surface area contributed by atoms with Crippen molar-refractivity contribution in [3.8, 4) is 0 Å². The normalized spacial score (nSPS) is 22.0. The maximum Gasteiger partial charge on any atom is 0.0408 e. The molecule has 0 heterocycles. The highest BCUT2D eigenvalue weighted by molar-refractivity contribution is 6.30. The Hall–Kier alpha value is -1.31. The monoisotopic (exact) mass is 297 g/mol. The molecule has 2 aliphatic rings. The second-order valence-electron chi connectivity index (χ2n) is 6.41. The van der Waals surface area contributed by atoms with E-state index < -0.39 is 0 Å². The third-order valence-electron chi connectivity index (χ3n) is 4.77. The van der Waals surface area contributed by atoms with Crippen LogP contribution in [-0.4, -0.2) is 6.04 Å². The molecular formula is C19H20ClN. The molecule has 4 rings (SSSR count). The van der Waals surface area contributed by atoms with Gasteiger partial charge in [0, 0.05) is 17.1 Å². The molecule has 1 N–H and O–H groups in total. The van der Waals surface area contributed by atoms with E-state index in [4.69, 9.17) is 11.6 Å². The van der Waals surface area contributed by atoms with Crippen LogP contribution >= 0.6 is 11.6 Å². The summed E-state index contributed by atoms with van der Waals surface area (Å²) in [4.78, 5) is 0. The fraction of sp³-hybridized carbons (Fsp3) is 0.368. The highest BCUT2D eigenvalue weighted by atomic mass is 35.5. The number of nitrogens with one attached hydrogen (secondary N) is 1. The van der Waals surface area contributed by atoms with Gasteiger partial charge in [0.05, 0.1) is 0 Å². The van der Waals surface area contributed by atoms with E-state index in [2.05, 4.69) is 47.8 Å². The molecule has 0 bridgehead atoms. The minimum atomic E-state index is 0.515. The van der Waals surface area contributed by atoms with Crippen LogP contribution in [0.2, 0.25) is 5.02 Å². The fourth-order valence-electron chi connectivity index (χ4n) is 3.55. The Bertz CT molecular complexity index is 633. The molecule has 0 amide bonds. The summed E-state index contributed by atoms with van der Waals surface area (Å²) in [5.74, 6) is 0.819. The van der Waals surface area contributed by atoms with Gasteiger partial charge in [-0.3, -0.25) is 0 Å². The number of halogens is 1. The van der Waals surface area contributed by atoms with Crippen molar-refractivity contribution in [1.29, 1.82) is 0 Å². The Kier molecular flexibility index (Phi) is 3.48. The summed E-state index contributed by atoms with van der Waals surface area (Å²) in [6, 6.07) is 18.3. The lowest BCUT2D eigenvalue weighted by molar-refractivity contribution is 0.410. The van der Waals surface area contributed by atoms with Crippen LogP contribution in [0.25, 0.3) is 0 Å². The predicted octanol–water partition coefficient (Wildman–Crippen LogP) is 4.55. The molecule has 1 fully saturated rings. The Balaban J connectivity index is 1.51. The molecule has 2 heteroatoms. The first-order chi connectivity index (χ1) is 10.3. The molecule has 0 aromatic heterocycles. The van der Waals surface area contributed by atoms with Gasteiger partial charge in [0.25, 0.3) is 0 Å². The van der Waals surface area contributed by atoms with E-state index in [1.807, 2.05) is 6.07 Å². The maximum atomic E-state index is 6.11. The van der Waals surface area contributed by atoms with Crippen LogP contribution < -0.4 is 5.32 Å². The standard InChI is InChI=1S/C19H20ClN/c20-17-9-8-15-11-18(12-16(15)10-17)21-19(14-6-7-14)13-4-2-1-3-5-13/h1-5,8-10,14,18-19,21H,6-7,11-12H2. The van der Waals surface area contributed by atoms with Crippen LogP contribution in [0.3, 0.4) is 0 Å². The minimum absolute atomic E-state index is 0.515. The number of hydrogen-bond acceptors (Lipinski definition) is 1. The van der Waals surface area contributed by atoms with E-state index in [0.29, 0.717) is 12.1 Å². The van der Waals surface area contributed by atoms with Crippen LogP contribution in [0.15, 0.2) is 48.5 Å². The lowest BCUT2D eigenvalue weighted by Gasteiger charge is -2.23. The summed E-state index contributed by atoms with van der Waals surface area (Å²) in [6.45, 7) is 0. The molecule has 0 radical (unpaired) electrons. The molecule has 1 saturated carbocycles. The molecule has 108 valence electrons. The van der Waals surface area contributed by atoms with E-state index in [1.165, 1.54) is 29.5 Å². The van der Waals surface area contributed by atoms with Crippen molar-refractivity contribution in [1.82, 2.24) is 5.32 Å². The van der Waals surface area contributed by atoms with E-state index in [1.54, 1.807) is 0 Å². The average Bonchev–Trinajstić information content (AvgIpc) is 3.26. The third-order valence-corrected chi connectivity index (χ3v) is 5.00. The van der Waals surface area contributed by atoms with Gasteiger partial charge < -0.3 is 5.32 Å². The number of hydrogen-bond donors (Lipinski definition) is 1. The van der Waals surface area contributed by atoms with Gasteiger partial charge in [0.1, 0.15) is 0 Å². The largest absolute Gasteiger partial charge is 0.306 e. The zero-order chi connectivity index (χ0) is 14.2. The maximum absolute atomic E-state index is 6.11. The molecule has 0 spiro atoms. The topological polar surface area (TPSA) is 12.0 Å². The molecule has 21 heavy (non-hydrogen) atoms. The van der Waals surface area contributed by atoms with Crippen molar-refractivity contribution < 1.29 is 0 Å². The van der Waals surface area contributed by atoms with E-state index in [0.717, 1.165) is 23.8 Å². The summed E-state index contributed by atoms with van der Waals surface area (Å²) in [5.41, 5.74) is 4.32. The highest BCUT2D eigenvalue weighted by Gasteiger charge is 2.34. The summed E-state index contributed by atoms with van der Waals surface area (Å²) in [7, 11) is 0. The van der Waals surface area contributed by atoms with Gasteiger partial charge in [-0.1, -0.05) is 48.0 Å². The lowest BCUT2D eigenvalue weighted by Crippen LogP contribution is -2.34. The van der Waals surface area contributed by atoms with Gasteiger partial charge in [-0.15, -0.1) is 0 Å². The quantitative estimate of drug-likeness (QED) is 0.873. The smallest absolute Gasteiger partial charge is 0.0408 e. The number of benzene rings is 2. The summed E-state index contributed by atoms with van der Waals surface area (Å²) in [5, 5.41) is 4.78. The summed E-state index contributed by atoms with van der Waals surface area (Å²) < 4.78 is 0. The molecule has 2 aromatic carbocycles. The molecule has 2 unspecified atom stereocenters. The lowest BCUT2D eigenvalue weighted by atomic mass is 10.0. The zero-order valence-corrected chi connectivity index (χ0v) is 12.8. The van der Waals surface area contributed by atoms with Crippen molar-refractivity contribution in [3.63, 3.8) is 0 Å². The Morgan fingerprint density at radius 2 is 1.71 bits per heavy atom. The van der Waals surface area contributed by atoms with Gasteiger partial charge in [0.2, 0.25) is 0 Å².